The molecular formula is C28H24ClN3O2S. The van der Waals surface area contributed by atoms with E-state index in [9.17, 15) is 14.9 Å². The first-order chi connectivity index (χ1) is 17.0. The maximum Gasteiger partial charge on any atom is 0.264 e. The lowest BCUT2D eigenvalue weighted by atomic mass is 10.1. The summed E-state index contributed by atoms with van der Waals surface area (Å²) < 4.78 is 0. The number of thioether (sulfide) groups is 1. The Bertz CT molecular complexity index is 1300. The van der Waals surface area contributed by atoms with Crippen LogP contribution < -0.4 is 10.2 Å². The molecule has 7 heteroatoms. The summed E-state index contributed by atoms with van der Waals surface area (Å²) in [7, 11) is 0. The standard InChI is InChI=1S/C28H24ClN3O2S/c1-19-11-13-22(14-12-19)32-27(34)25(17-21-9-5-6-10-24(21)29)35-28(32)23(18-30)26(33)31-16-15-20-7-3-2-4-8-20/h2-14,25H,15-17H2,1H3,(H,31,33)/b28-23-. The number of aryl methyl sites for hydroxylation is 1. The zero-order chi connectivity index (χ0) is 24.8. The first-order valence-corrected chi connectivity index (χ1v) is 12.5. The number of nitrogens with zero attached hydrogens (tertiary/aromatic N) is 2. The topological polar surface area (TPSA) is 73.2 Å². The highest BCUT2D eigenvalue weighted by Crippen LogP contribution is 2.42. The lowest BCUT2D eigenvalue weighted by Crippen LogP contribution is -2.32. The Kier molecular flexibility index (Phi) is 7.91. The predicted molar refractivity (Wildman–Crippen MR) is 141 cm³/mol. The lowest BCUT2D eigenvalue weighted by Gasteiger charge is -2.19. The van der Waals surface area contributed by atoms with Crippen molar-refractivity contribution in [1.29, 1.82) is 5.26 Å². The molecule has 0 bridgehead atoms. The van der Waals surface area contributed by atoms with E-state index in [0.717, 1.165) is 16.7 Å². The summed E-state index contributed by atoms with van der Waals surface area (Å²) in [6.07, 6.45) is 1.03. The Balaban J connectivity index is 1.62. The van der Waals surface area contributed by atoms with E-state index in [1.54, 1.807) is 6.07 Å². The molecule has 1 aliphatic rings. The van der Waals surface area contributed by atoms with E-state index in [0.29, 0.717) is 35.1 Å². The molecule has 0 radical (unpaired) electrons. The molecule has 3 aromatic rings. The van der Waals surface area contributed by atoms with Gasteiger partial charge in [0.25, 0.3) is 5.91 Å². The number of amides is 2. The maximum absolute atomic E-state index is 13.5. The molecule has 2 amide bonds. The Morgan fingerprint density at radius 1 is 1.06 bits per heavy atom. The van der Waals surface area contributed by atoms with Gasteiger partial charge in [-0.05, 0) is 49.1 Å². The summed E-state index contributed by atoms with van der Waals surface area (Å²) in [5.74, 6) is -0.673. The average molecular weight is 502 g/mol. The van der Waals surface area contributed by atoms with Crippen molar-refractivity contribution in [2.75, 3.05) is 11.4 Å². The Hall–Kier alpha value is -3.53. The molecule has 1 heterocycles. The average Bonchev–Trinajstić information content (AvgIpc) is 3.17. The van der Waals surface area contributed by atoms with Gasteiger partial charge in [0, 0.05) is 17.3 Å². The van der Waals surface area contributed by atoms with Crippen LogP contribution in [0.15, 0.2) is 89.5 Å². The molecule has 0 spiro atoms. The number of nitrogens with one attached hydrogen (secondary N) is 1. The Morgan fingerprint density at radius 2 is 1.74 bits per heavy atom. The smallest absolute Gasteiger partial charge is 0.264 e. The first-order valence-electron chi connectivity index (χ1n) is 11.2. The number of carbonyl (C=O) groups is 2. The molecule has 35 heavy (non-hydrogen) atoms. The van der Waals surface area contributed by atoms with Crippen molar-refractivity contribution in [2.45, 2.75) is 25.0 Å². The zero-order valence-corrected chi connectivity index (χ0v) is 20.8. The van der Waals surface area contributed by atoms with E-state index in [4.69, 9.17) is 11.6 Å². The van der Waals surface area contributed by atoms with Crippen molar-refractivity contribution in [1.82, 2.24) is 5.32 Å². The highest BCUT2D eigenvalue weighted by Gasteiger charge is 2.41. The fourth-order valence-corrected chi connectivity index (χ4v) is 5.34. The molecule has 1 aliphatic heterocycles. The van der Waals surface area contributed by atoms with E-state index in [1.807, 2.05) is 85.8 Å². The lowest BCUT2D eigenvalue weighted by molar-refractivity contribution is -0.117. The van der Waals surface area contributed by atoms with E-state index >= 15 is 0 Å². The second-order valence-electron chi connectivity index (χ2n) is 8.19. The number of hydrogen-bond acceptors (Lipinski definition) is 4. The summed E-state index contributed by atoms with van der Waals surface area (Å²) in [6, 6.07) is 26.7. The molecule has 1 saturated heterocycles. The molecule has 0 aromatic heterocycles. The normalized spacial score (nSPS) is 16.7. The quantitative estimate of drug-likeness (QED) is 0.346. The van der Waals surface area contributed by atoms with E-state index in [1.165, 1.54) is 16.7 Å². The van der Waals surface area contributed by atoms with Crippen LogP contribution in [-0.2, 0) is 22.4 Å². The van der Waals surface area contributed by atoms with E-state index < -0.39 is 11.2 Å². The van der Waals surface area contributed by atoms with Crippen LogP contribution in [0, 0.1) is 18.3 Å². The summed E-state index contributed by atoms with van der Waals surface area (Å²) in [6.45, 7) is 2.34. The Labute approximate surface area is 214 Å². The predicted octanol–water partition coefficient (Wildman–Crippen LogP) is 5.43. The molecule has 0 aliphatic carbocycles. The third-order valence-corrected chi connectivity index (χ3v) is 7.33. The van der Waals surface area contributed by atoms with Crippen molar-refractivity contribution in [3.63, 3.8) is 0 Å². The highest BCUT2D eigenvalue weighted by molar-refractivity contribution is 8.05. The maximum atomic E-state index is 13.5. The van der Waals surface area contributed by atoms with Gasteiger partial charge in [0.15, 0.2) is 0 Å². The molecule has 3 aromatic carbocycles. The molecule has 176 valence electrons. The van der Waals surface area contributed by atoms with Gasteiger partial charge in [0.2, 0.25) is 5.91 Å². The number of anilines is 1. The summed E-state index contributed by atoms with van der Waals surface area (Å²) >= 11 is 7.58. The number of nitriles is 1. The number of carbonyl (C=O) groups excluding carboxylic acids is 2. The van der Waals surface area contributed by atoms with Gasteiger partial charge in [0.1, 0.15) is 16.7 Å². The van der Waals surface area contributed by atoms with Crippen LogP contribution in [0.3, 0.4) is 0 Å². The number of rotatable bonds is 7. The third-order valence-electron chi connectivity index (χ3n) is 5.70. The van der Waals surface area contributed by atoms with Crippen molar-refractivity contribution in [3.05, 3.63) is 111 Å². The van der Waals surface area contributed by atoms with Gasteiger partial charge in [-0.15, -0.1) is 0 Å². The molecule has 1 fully saturated rings. The van der Waals surface area contributed by atoms with Crippen molar-refractivity contribution >= 4 is 40.9 Å². The van der Waals surface area contributed by atoms with Crippen molar-refractivity contribution in [3.8, 4) is 6.07 Å². The van der Waals surface area contributed by atoms with Crippen LogP contribution in [0.1, 0.15) is 16.7 Å². The van der Waals surface area contributed by atoms with Gasteiger partial charge in [0.05, 0.1) is 5.25 Å². The first kappa shape index (κ1) is 24.6. The number of benzene rings is 3. The Morgan fingerprint density at radius 3 is 2.43 bits per heavy atom. The van der Waals surface area contributed by atoms with Gasteiger partial charge >= 0.3 is 0 Å². The van der Waals surface area contributed by atoms with Crippen LogP contribution in [0.2, 0.25) is 5.02 Å². The molecule has 4 rings (SSSR count). The van der Waals surface area contributed by atoms with Gasteiger partial charge in [-0.2, -0.15) is 5.26 Å². The third kappa shape index (κ3) is 5.76. The second kappa shape index (κ2) is 11.3. The number of hydrogen-bond donors (Lipinski definition) is 1. The van der Waals surface area contributed by atoms with Crippen LogP contribution in [-0.4, -0.2) is 23.6 Å². The summed E-state index contributed by atoms with van der Waals surface area (Å²) in [5.41, 5.74) is 3.53. The van der Waals surface area contributed by atoms with Crippen molar-refractivity contribution < 1.29 is 9.59 Å². The fourth-order valence-electron chi connectivity index (χ4n) is 3.83. The molecule has 1 unspecified atom stereocenters. The van der Waals surface area contributed by atoms with Crippen LogP contribution in [0.25, 0.3) is 0 Å². The SMILES string of the molecule is Cc1ccc(N2C(=O)C(Cc3ccccc3Cl)S/C2=C(/C#N)C(=O)NCCc2ccccc2)cc1. The minimum absolute atomic E-state index is 0.0707. The zero-order valence-electron chi connectivity index (χ0n) is 19.2. The minimum atomic E-state index is -0.508. The largest absolute Gasteiger partial charge is 0.351 e. The summed E-state index contributed by atoms with van der Waals surface area (Å²) in [4.78, 5) is 28.1. The van der Waals surface area contributed by atoms with Crippen molar-refractivity contribution in [2.24, 2.45) is 0 Å². The fraction of sp³-hybridized carbons (Fsp3) is 0.179. The molecule has 1 N–H and O–H groups in total. The van der Waals surface area contributed by atoms with E-state index in [2.05, 4.69) is 5.32 Å². The molecule has 5 nitrogen and oxygen atoms in total. The molecule has 0 saturated carbocycles. The van der Waals surface area contributed by atoms with Gasteiger partial charge in [-0.3, -0.25) is 14.5 Å². The van der Waals surface area contributed by atoms with E-state index in [-0.39, 0.29) is 11.5 Å². The van der Waals surface area contributed by atoms with Crippen LogP contribution in [0.4, 0.5) is 5.69 Å². The molecule has 1 atom stereocenters. The highest BCUT2D eigenvalue weighted by atomic mass is 35.5. The monoisotopic (exact) mass is 501 g/mol. The molecular weight excluding hydrogens is 478 g/mol. The van der Waals surface area contributed by atoms with Gasteiger partial charge < -0.3 is 5.32 Å². The van der Waals surface area contributed by atoms with Crippen LogP contribution >= 0.6 is 23.4 Å². The van der Waals surface area contributed by atoms with Gasteiger partial charge in [-0.25, -0.2) is 0 Å². The second-order valence-corrected chi connectivity index (χ2v) is 9.79. The number of halogens is 1. The van der Waals surface area contributed by atoms with Crippen LogP contribution in [0.5, 0.6) is 0 Å². The minimum Gasteiger partial charge on any atom is -0.351 e. The van der Waals surface area contributed by atoms with Gasteiger partial charge in [-0.1, -0.05) is 89.6 Å². The summed E-state index contributed by atoms with van der Waals surface area (Å²) in [5, 5.41) is 13.2.